The van der Waals surface area contributed by atoms with E-state index in [2.05, 4.69) is 16.2 Å². The molecule has 0 bridgehead atoms. The molecule has 3 atom stereocenters. The second-order valence-corrected chi connectivity index (χ2v) is 13.7. The largest absolute Gasteiger partial charge is 0.380 e. The number of alkyl halides is 1. The van der Waals surface area contributed by atoms with Crippen molar-refractivity contribution >= 4 is 21.9 Å². The van der Waals surface area contributed by atoms with Gasteiger partial charge in [-0.1, -0.05) is 5.57 Å². The molecule has 0 N–H and O–H groups in total. The molecule has 0 amide bonds. The molecule has 11 heteroatoms. The molecule has 0 spiro atoms. The van der Waals surface area contributed by atoms with Gasteiger partial charge in [-0.2, -0.15) is 9.40 Å². The maximum absolute atomic E-state index is 14.0. The Hall–Kier alpha value is -3.15. The number of piperidine rings is 1. The van der Waals surface area contributed by atoms with Crippen molar-refractivity contribution in [3.63, 3.8) is 0 Å². The highest BCUT2D eigenvalue weighted by atomic mass is 32.2. The molecule has 3 fully saturated rings. The van der Waals surface area contributed by atoms with Gasteiger partial charge in [-0.3, -0.25) is 0 Å². The first kappa shape index (κ1) is 26.7. The topological polar surface area (TPSA) is 80.6 Å². The van der Waals surface area contributed by atoms with Crippen LogP contribution in [0.4, 0.5) is 14.6 Å². The minimum absolute atomic E-state index is 0.126. The monoisotopic (exact) mass is 581 g/mol. The van der Waals surface area contributed by atoms with E-state index in [1.807, 2.05) is 15.8 Å². The Kier molecular flexibility index (Phi) is 6.51. The number of sulfonamides is 1. The summed E-state index contributed by atoms with van der Waals surface area (Å²) < 4.78 is 64.7. The molecule has 1 unspecified atom stereocenters. The number of anilines is 1. The molecule has 2 aromatic heterocycles. The lowest BCUT2D eigenvalue weighted by molar-refractivity contribution is -0.0260. The molecule has 4 aliphatic rings. The summed E-state index contributed by atoms with van der Waals surface area (Å²) in [5.41, 5.74) is 3.38. The Balaban J connectivity index is 1.22. The van der Waals surface area contributed by atoms with E-state index in [1.165, 1.54) is 23.9 Å². The summed E-state index contributed by atoms with van der Waals surface area (Å²) in [6.45, 7) is 1.49. The number of rotatable bonds is 7. The standard InChI is InChI=1S/C30H33F2N5O3S/c1-40-29(20-2-3-20)30-15-21-16-34-37(25-6-4-23(31)5-7-25)27(21)14-22(30)10-13-36(19-30)41(38,39)26-8-9-28(33-17-26)35-12-11-24(32)18-35/h4-9,14,16-17,20,24,29H,2-3,10-13,15,18-19H2,1H3/t24-,29+,30?/m0/s1. The van der Waals surface area contributed by atoms with E-state index in [1.54, 1.807) is 35.7 Å². The van der Waals surface area contributed by atoms with Crippen LogP contribution in [0.25, 0.3) is 11.8 Å². The quantitative estimate of drug-likeness (QED) is 0.412. The molecule has 2 saturated heterocycles. The van der Waals surface area contributed by atoms with E-state index < -0.39 is 21.6 Å². The lowest BCUT2D eigenvalue weighted by Gasteiger charge is -2.50. The van der Waals surface area contributed by atoms with Gasteiger partial charge in [-0.25, -0.2) is 26.9 Å². The molecule has 7 rings (SSSR count). The molecule has 8 nitrogen and oxygen atoms in total. The number of aromatic nitrogens is 3. The summed E-state index contributed by atoms with van der Waals surface area (Å²) in [6, 6.07) is 9.52. The highest BCUT2D eigenvalue weighted by Gasteiger charge is 2.54. The highest BCUT2D eigenvalue weighted by molar-refractivity contribution is 7.89. The van der Waals surface area contributed by atoms with E-state index in [0.29, 0.717) is 50.6 Å². The number of fused-ring (bicyclic) bond motifs is 2. The van der Waals surface area contributed by atoms with Gasteiger partial charge in [0.05, 0.1) is 30.2 Å². The van der Waals surface area contributed by atoms with Crippen molar-refractivity contribution in [2.75, 3.05) is 38.2 Å². The van der Waals surface area contributed by atoms with Crippen LogP contribution in [0.1, 0.15) is 36.9 Å². The number of hydrogen-bond acceptors (Lipinski definition) is 6. The van der Waals surface area contributed by atoms with Gasteiger partial charge in [0, 0.05) is 38.4 Å². The van der Waals surface area contributed by atoms with Gasteiger partial charge in [0.1, 0.15) is 22.7 Å². The molecule has 1 aromatic carbocycles. The first-order chi connectivity index (χ1) is 19.8. The molecule has 4 heterocycles. The third-order valence-electron chi connectivity index (χ3n) is 9.16. The fraction of sp³-hybridized carbons (Fsp3) is 0.467. The van der Waals surface area contributed by atoms with Gasteiger partial charge < -0.3 is 9.64 Å². The van der Waals surface area contributed by atoms with Crippen LogP contribution >= 0.6 is 0 Å². The summed E-state index contributed by atoms with van der Waals surface area (Å²) in [4.78, 5) is 6.38. The summed E-state index contributed by atoms with van der Waals surface area (Å²) >= 11 is 0. The number of halogens is 2. The number of methoxy groups -OCH3 is 1. The SMILES string of the molecule is CO[C@H](C1CC1)C12Cc3cnn(-c4ccc(F)cc4)c3C=C1CCN(S(=O)(=O)c1ccc(N3CC[C@H](F)C3)nc1)C2. The van der Waals surface area contributed by atoms with Gasteiger partial charge in [0.15, 0.2) is 0 Å². The Morgan fingerprint density at radius 2 is 1.88 bits per heavy atom. The zero-order chi connectivity index (χ0) is 28.4. The number of hydrogen-bond donors (Lipinski definition) is 0. The fourth-order valence-corrected chi connectivity index (χ4v) is 8.44. The van der Waals surface area contributed by atoms with Crippen LogP contribution in [0.15, 0.2) is 59.3 Å². The Labute approximate surface area is 238 Å². The lowest BCUT2D eigenvalue weighted by Crippen LogP contribution is -2.55. The molecule has 216 valence electrons. The summed E-state index contributed by atoms with van der Waals surface area (Å²) in [5, 5.41) is 4.63. The molecule has 0 radical (unpaired) electrons. The number of nitrogens with zero attached hydrogens (tertiary/aromatic N) is 5. The van der Waals surface area contributed by atoms with Crippen molar-refractivity contribution in [2.24, 2.45) is 11.3 Å². The van der Waals surface area contributed by atoms with Crippen LogP contribution in [-0.2, 0) is 21.2 Å². The average Bonchev–Trinajstić information content (AvgIpc) is 3.58. The van der Waals surface area contributed by atoms with Crippen LogP contribution in [0.2, 0.25) is 0 Å². The average molecular weight is 582 g/mol. The Morgan fingerprint density at radius 1 is 1.07 bits per heavy atom. The van der Waals surface area contributed by atoms with Gasteiger partial charge in [0.25, 0.3) is 0 Å². The highest BCUT2D eigenvalue weighted by Crippen LogP contribution is 2.53. The van der Waals surface area contributed by atoms with Crippen LogP contribution in [0, 0.1) is 17.2 Å². The van der Waals surface area contributed by atoms with Gasteiger partial charge >= 0.3 is 0 Å². The molecule has 41 heavy (non-hydrogen) atoms. The third-order valence-corrected chi connectivity index (χ3v) is 11.0. The maximum Gasteiger partial charge on any atom is 0.244 e. The number of pyridine rings is 1. The molecular weight excluding hydrogens is 548 g/mol. The minimum atomic E-state index is -3.83. The van der Waals surface area contributed by atoms with E-state index >= 15 is 0 Å². The van der Waals surface area contributed by atoms with E-state index in [9.17, 15) is 17.2 Å². The first-order valence-electron chi connectivity index (χ1n) is 14.2. The summed E-state index contributed by atoms with van der Waals surface area (Å²) in [5.74, 6) is 0.665. The smallest absolute Gasteiger partial charge is 0.244 e. The van der Waals surface area contributed by atoms with Crippen LogP contribution in [-0.4, -0.2) is 73.1 Å². The van der Waals surface area contributed by atoms with Crippen molar-refractivity contribution in [1.29, 1.82) is 0 Å². The van der Waals surface area contributed by atoms with Crippen molar-refractivity contribution in [2.45, 2.75) is 49.3 Å². The van der Waals surface area contributed by atoms with Crippen LogP contribution in [0.5, 0.6) is 0 Å². The minimum Gasteiger partial charge on any atom is -0.380 e. The van der Waals surface area contributed by atoms with Gasteiger partial charge in [-0.15, -0.1) is 0 Å². The zero-order valence-electron chi connectivity index (χ0n) is 22.9. The van der Waals surface area contributed by atoms with Gasteiger partial charge in [0.2, 0.25) is 10.0 Å². The maximum atomic E-state index is 14.0. The molecule has 3 aromatic rings. The summed E-state index contributed by atoms with van der Waals surface area (Å²) in [6.07, 6.45) is 8.12. The molecule has 2 aliphatic heterocycles. The molecular formula is C30H33F2N5O3S. The lowest BCUT2D eigenvalue weighted by atomic mass is 9.64. The molecule has 1 saturated carbocycles. The zero-order valence-corrected chi connectivity index (χ0v) is 23.7. The number of ether oxygens (including phenoxy) is 1. The van der Waals surface area contributed by atoms with Crippen LogP contribution in [0.3, 0.4) is 0 Å². The van der Waals surface area contributed by atoms with Crippen LogP contribution < -0.4 is 4.90 Å². The van der Waals surface area contributed by atoms with E-state index in [-0.39, 0.29) is 23.4 Å². The van der Waals surface area contributed by atoms with Crippen molar-refractivity contribution in [3.8, 4) is 5.69 Å². The Bertz CT molecular complexity index is 1590. The predicted molar refractivity (Wildman–Crippen MR) is 150 cm³/mol. The van der Waals surface area contributed by atoms with Crippen molar-refractivity contribution in [3.05, 3.63) is 71.4 Å². The van der Waals surface area contributed by atoms with Gasteiger partial charge in [-0.05, 0) is 86.1 Å². The second-order valence-electron chi connectivity index (χ2n) is 11.7. The normalized spacial score (nSPS) is 25.5. The summed E-state index contributed by atoms with van der Waals surface area (Å²) in [7, 11) is -2.10. The van der Waals surface area contributed by atoms with E-state index in [4.69, 9.17) is 4.74 Å². The third kappa shape index (κ3) is 4.58. The number of benzene rings is 1. The van der Waals surface area contributed by atoms with Crippen molar-refractivity contribution < 1.29 is 21.9 Å². The molecule has 2 aliphatic carbocycles. The predicted octanol–water partition coefficient (Wildman–Crippen LogP) is 4.40. The first-order valence-corrected chi connectivity index (χ1v) is 15.6. The second kappa shape index (κ2) is 9.99. The fourth-order valence-electron chi connectivity index (χ4n) is 6.98. The van der Waals surface area contributed by atoms with E-state index in [0.717, 1.165) is 29.8 Å². The van der Waals surface area contributed by atoms with Crippen molar-refractivity contribution in [1.82, 2.24) is 19.1 Å². The Morgan fingerprint density at radius 3 is 2.54 bits per heavy atom.